The average molecular weight is 389 g/mol. The number of hydrogen-bond donors (Lipinski definition) is 0. The number of nitrogens with zero attached hydrogens (tertiary/aromatic N) is 3. The minimum Gasteiger partial charge on any atom is -0.361 e. The molecule has 150 valence electrons. The number of likely N-dealkylation sites (tertiary alicyclic amines) is 1. The quantitative estimate of drug-likeness (QED) is 0.645. The van der Waals surface area contributed by atoms with Crippen molar-refractivity contribution >= 4 is 5.91 Å². The minimum absolute atomic E-state index is 0.0522. The Labute approximate surface area is 171 Å². The van der Waals surface area contributed by atoms with Gasteiger partial charge in [0.15, 0.2) is 0 Å². The van der Waals surface area contributed by atoms with Gasteiger partial charge in [-0.25, -0.2) is 0 Å². The van der Waals surface area contributed by atoms with E-state index in [-0.39, 0.29) is 11.9 Å². The van der Waals surface area contributed by atoms with Gasteiger partial charge in [-0.1, -0.05) is 41.1 Å². The summed E-state index contributed by atoms with van der Waals surface area (Å²) in [5, 5.41) is 3.96. The van der Waals surface area contributed by atoms with Gasteiger partial charge in [-0.05, 0) is 57.2 Å². The van der Waals surface area contributed by atoms with Crippen molar-refractivity contribution in [1.82, 2.24) is 15.0 Å². The summed E-state index contributed by atoms with van der Waals surface area (Å²) >= 11 is 0. The Kier molecular flexibility index (Phi) is 5.47. The van der Waals surface area contributed by atoms with Gasteiger partial charge in [0, 0.05) is 18.3 Å². The number of carbonyl (C=O) groups is 1. The molecule has 1 aliphatic rings. The molecule has 29 heavy (non-hydrogen) atoms. The minimum atomic E-state index is 0.0522. The Hall–Kier alpha value is -2.95. The molecule has 1 aliphatic heterocycles. The van der Waals surface area contributed by atoms with Crippen molar-refractivity contribution in [3.63, 3.8) is 0 Å². The van der Waals surface area contributed by atoms with Crippen molar-refractivity contribution in [3.05, 3.63) is 82.0 Å². The van der Waals surface area contributed by atoms with Crippen molar-refractivity contribution in [1.29, 1.82) is 0 Å². The van der Waals surface area contributed by atoms with E-state index in [2.05, 4.69) is 48.5 Å². The van der Waals surface area contributed by atoms with Crippen LogP contribution in [0.15, 0.2) is 47.1 Å². The number of carbonyl (C=O) groups excluding carboxylic acids is 1. The molecule has 1 aromatic carbocycles. The first-order valence-corrected chi connectivity index (χ1v) is 10.2. The standard InChI is InChI=1S/C24H27N3O2/c1-16-6-8-19(9-7-16)13-20-10-11-22(25-15-20)23-5-4-12-27(23)24(28)14-21-17(2)26-29-18(21)3/h6-11,15,23H,4-5,12-14H2,1-3H3/t23-/m1/s1. The summed E-state index contributed by atoms with van der Waals surface area (Å²) in [6, 6.07) is 12.9. The summed E-state index contributed by atoms with van der Waals surface area (Å²) in [5.41, 5.74) is 6.41. The van der Waals surface area contributed by atoms with Crippen LogP contribution >= 0.6 is 0 Å². The predicted octanol–water partition coefficient (Wildman–Crippen LogP) is 4.49. The highest BCUT2D eigenvalue weighted by Crippen LogP contribution is 2.32. The average Bonchev–Trinajstić information content (AvgIpc) is 3.33. The monoisotopic (exact) mass is 389 g/mol. The first-order chi connectivity index (χ1) is 14.0. The van der Waals surface area contributed by atoms with E-state index >= 15 is 0 Å². The molecule has 5 heteroatoms. The van der Waals surface area contributed by atoms with Crippen LogP contribution in [0.25, 0.3) is 0 Å². The van der Waals surface area contributed by atoms with E-state index in [1.54, 1.807) is 0 Å². The van der Waals surface area contributed by atoms with Gasteiger partial charge in [0.25, 0.3) is 0 Å². The third kappa shape index (κ3) is 4.24. The van der Waals surface area contributed by atoms with E-state index in [1.165, 1.54) is 16.7 Å². The Morgan fingerprint density at radius 1 is 1.10 bits per heavy atom. The second-order valence-electron chi connectivity index (χ2n) is 7.98. The highest BCUT2D eigenvalue weighted by atomic mass is 16.5. The first-order valence-electron chi connectivity index (χ1n) is 10.2. The predicted molar refractivity (Wildman–Crippen MR) is 112 cm³/mol. The molecule has 4 rings (SSSR count). The Morgan fingerprint density at radius 2 is 1.86 bits per heavy atom. The Bertz CT molecular complexity index is 970. The normalized spacial score (nSPS) is 16.4. The molecule has 2 aromatic heterocycles. The van der Waals surface area contributed by atoms with Gasteiger partial charge < -0.3 is 9.42 Å². The lowest BCUT2D eigenvalue weighted by atomic mass is 10.0. The molecule has 1 amide bonds. The van der Waals surface area contributed by atoms with Crippen LogP contribution in [0, 0.1) is 20.8 Å². The number of pyridine rings is 1. The van der Waals surface area contributed by atoms with Crippen molar-refractivity contribution in [2.45, 2.75) is 52.5 Å². The maximum absolute atomic E-state index is 13.0. The molecule has 3 heterocycles. The summed E-state index contributed by atoms with van der Waals surface area (Å²) in [5.74, 6) is 0.845. The summed E-state index contributed by atoms with van der Waals surface area (Å²) < 4.78 is 5.21. The molecule has 0 N–H and O–H groups in total. The van der Waals surface area contributed by atoms with Gasteiger partial charge in [0.05, 0.1) is 23.9 Å². The van der Waals surface area contributed by atoms with Gasteiger partial charge in [0.2, 0.25) is 5.91 Å². The zero-order valence-corrected chi connectivity index (χ0v) is 17.3. The molecule has 1 atom stereocenters. The van der Waals surface area contributed by atoms with Crippen LogP contribution < -0.4 is 0 Å². The first kappa shape index (κ1) is 19.4. The fourth-order valence-electron chi connectivity index (χ4n) is 4.06. The molecule has 0 saturated carbocycles. The summed E-state index contributed by atoms with van der Waals surface area (Å²) in [6.45, 7) is 6.62. The number of benzene rings is 1. The molecule has 5 nitrogen and oxygen atoms in total. The largest absolute Gasteiger partial charge is 0.361 e. The van der Waals surface area contributed by atoms with Crippen LogP contribution in [0.3, 0.4) is 0 Å². The van der Waals surface area contributed by atoms with Crippen LogP contribution in [-0.4, -0.2) is 27.5 Å². The molecule has 1 fully saturated rings. The molecule has 0 spiro atoms. The highest BCUT2D eigenvalue weighted by Gasteiger charge is 2.31. The van der Waals surface area contributed by atoms with Crippen molar-refractivity contribution in [3.8, 4) is 0 Å². The maximum Gasteiger partial charge on any atom is 0.227 e. The third-order valence-corrected chi connectivity index (χ3v) is 5.80. The zero-order chi connectivity index (χ0) is 20.4. The number of rotatable bonds is 5. The van der Waals surface area contributed by atoms with E-state index < -0.39 is 0 Å². The molecule has 3 aromatic rings. The van der Waals surface area contributed by atoms with Crippen LogP contribution in [0.4, 0.5) is 0 Å². The van der Waals surface area contributed by atoms with Crippen LogP contribution in [0.5, 0.6) is 0 Å². The topological polar surface area (TPSA) is 59.2 Å². The van der Waals surface area contributed by atoms with Crippen LogP contribution in [0.1, 0.15) is 58.3 Å². The van der Waals surface area contributed by atoms with Gasteiger partial charge >= 0.3 is 0 Å². The molecule has 0 unspecified atom stereocenters. The molecule has 0 radical (unpaired) electrons. The van der Waals surface area contributed by atoms with Crippen molar-refractivity contribution in [2.24, 2.45) is 0 Å². The number of aryl methyl sites for hydroxylation is 3. The molecule has 0 bridgehead atoms. The highest BCUT2D eigenvalue weighted by molar-refractivity contribution is 5.80. The second kappa shape index (κ2) is 8.19. The van der Waals surface area contributed by atoms with Crippen molar-refractivity contribution in [2.75, 3.05) is 6.54 Å². The molecular formula is C24H27N3O2. The van der Waals surface area contributed by atoms with Crippen molar-refractivity contribution < 1.29 is 9.32 Å². The van der Waals surface area contributed by atoms with E-state index in [9.17, 15) is 4.79 Å². The fourth-order valence-corrected chi connectivity index (χ4v) is 4.06. The zero-order valence-electron chi connectivity index (χ0n) is 17.3. The lowest BCUT2D eigenvalue weighted by Gasteiger charge is -2.24. The van der Waals surface area contributed by atoms with Gasteiger partial charge in [-0.2, -0.15) is 0 Å². The van der Waals surface area contributed by atoms with E-state index in [4.69, 9.17) is 9.51 Å². The van der Waals surface area contributed by atoms with Gasteiger partial charge in [-0.15, -0.1) is 0 Å². The Morgan fingerprint density at radius 3 is 2.52 bits per heavy atom. The number of aromatic nitrogens is 2. The third-order valence-electron chi connectivity index (χ3n) is 5.80. The molecule has 1 saturated heterocycles. The molecule has 0 aliphatic carbocycles. The summed E-state index contributed by atoms with van der Waals surface area (Å²) in [6.07, 6.45) is 5.11. The van der Waals surface area contributed by atoms with Gasteiger partial charge in [-0.3, -0.25) is 9.78 Å². The number of amides is 1. The number of hydrogen-bond acceptors (Lipinski definition) is 4. The van der Waals surface area contributed by atoms with Crippen LogP contribution in [0.2, 0.25) is 0 Å². The molecular weight excluding hydrogens is 362 g/mol. The maximum atomic E-state index is 13.0. The lowest BCUT2D eigenvalue weighted by Crippen LogP contribution is -2.32. The lowest BCUT2D eigenvalue weighted by molar-refractivity contribution is -0.131. The van der Waals surface area contributed by atoms with E-state index in [0.717, 1.165) is 48.5 Å². The summed E-state index contributed by atoms with van der Waals surface area (Å²) in [4.78, 5) is 19.6. The fraction of sp³-hybridized carbons (Fsp3) is 0.375. The van der Waals surface area contributed by atoms with Crippen LogP contribution in [-0.2, 0) is 17.6 Å². The summed E-state index contributed by atoms with van der Waals surface area (Å²) in [7, 11) is 0. The smallest absolute Gasteiger partial charge is 0.227 e. The second-order valence-corrected chi connectivity index (χ2v) is 7.98. The SMILES string of the molecule is Cc1ccc(Cc2ccc([C@H]3CCCN3C(=O)Cc3c(C)noc3C)nc2)cc1. The van der Waals surface area contributed by atoms with E-state index in [1.807, 2.05) is 24.9 Å². The van der Waals surface area contributed by atoms with Gasteiger partial charge in [0.1, 0.15) is 5.76 Å². The van der Waals surface area contributed by atoms with E-state index in [0.29, 0.717) is 6.42 Å². The Balaban J connectivity index is 1.45.